The van der Waals surface area contributed by atoms with Crippen LogP contribution in [-0.2, 0) is 13.0 Å². The summed E-state index contributed by atoms with van der Waals surface area (Å²) in [4.78, 5) is 3.77. The summed E-state index contributed by atoms with van der Waals surface area (Å²) in [6.45, 7) is 5.77. The van der Waals surface area contributed by atoms with Crippen molar-refractivity contribution in [1.82, 2.24) is 4.90 Å². The summed E-state index contributed by atoms with van der Waals surface area (Å²) in [5.41, 5.74) is 7.85. The van der Waals surface area contributed by atoms with Crippen LogP contribution in [0.15, 0.2) is 35.7 Å². The van der Waals surface area contributed by atoms with E-state index in [4.69, 9.17) is 10.5 Å². The number of hydrogen-bond donors (Lipinski definition) is 1. The number of thiophene rings is 1. The van der Waals surface area contributed by atoms with Gasteiger partial charge in [0.2, 0.25) is 0 Å². The third-order valence-corrected chi connectivity index (χ3v) is 4.53. The Morgan fingerprint density at radius 3 is 2.81 bits per heavy atom. The molecule has 0 radical (unpaired) electrons. The summed E-state index contributed by atoms with van der Waals surface area (Å²) in [5, 5.41) is 2.13. The number of nitrogens with zero attached hydrogens (tertiary/aromatic N) is 1. The predicted octanol–water partition coefficient (Wildman–Crippen LogP) is 3.79. The van der Waals surface area contributed by atoms with E-state index < -0.39 is 0 Å². The lowest BCUT2D eigenvalue weighted by atomic mass is 10.1. The summed E-state index contributed by atoms with van der Waals surface area (Å²) in [7, 11) is 2.15. The van der Waals surface area contributed by atoms with Crippen LogP contribution in [0.1, 0.15) is 24.3 Å². The minimum Gasteiger partial charge on any atom is -0.494 e. The number of likely N-dealkylation sites (N-methyl/N-ethyl adjacent to an activating group) is 1. The van der Waals surface area contributed by atoms with Crippen LogP contribution >= 0.6 is 11.3 Å². The van der Waals surface area contributed by atoms with Gasteiger partial charge in [-0.15, -0.1) is 11.3 Å². The lowest BCUT2D eigenvalue weighted by Crippen LogP contribution is -2.30. The molecule has 0 aliphatic carbocycles. The Balaban J connectivity index is 2.04. The molecule has 1 atom stereocenters. The molecule has 0 saturated heterocycles. The highest BCUT2D eigenvalue weighted by Gasteiger charge is 2.14. The van der Waals surface area contributed by atoms with Crippen LogP contribution < -0.4 is 10.5 Å². The molecule has 0 aliphatic heterocycles. The number of rotatable bonds is 7. The normalized spacial score (nSPS) is 12.6. The summed E-state index contributed by atoms with van der Waals surface area (Å²) in [6, 6.07) is 10.6. The predicted molar refractivity (Wildman–Crippen MR) is 91.0 cm³/mol. The zero-order valence-electron chi connectivity index (χ0n) is 13.0. The Labute approximate surface area is 131 Å². The molecule has 0 fully saturated rings. The van der Waals surface area contributed by atoms with Crippen molar-refractivity contribution >= 4 is 17.0 Å². The molecule has 21 heavy (non-hydrogen) atoms. The Bertz CT molecular complexity index is 554. The first-order valence-corrected chi connectivity index (χ1v) is 8.22. The molecule has 1 aromatic carbocycles. The fraction of sp³-hybridized carbons (Fsp3) is 0.412. The monoisotopic (exact) mass is 304 g/mol. The van der Waals surface area contributed by atoms with Gasteiger partial charge < -0.3 is 10.5 Å². The highest BCUT2D eigenvalue weighted by Crippen LogP contribution is 2.24. The van der Waals surface area contributed by atoms with E-state index in [1.54, 1.807) is 0 Å². The molecule has 114 valence electrons. The van der Waals surface area contributed by atoms with Gasteiger partial charge in [-0.1, -0.05) is 6.07 Å². The van der Waals surface area contributed by atoms with Gasteiger partial charge in [0.1, 0.15) is 5.75 Å². The number of benzene rings is 1. The standard InChI is InChI=1S/C17H24N2OS/c1-4-20-17-8-7-15(18)11-14(17)12-19(3)13(2)10-16-6-5-9-21-16/h5-9,11,13H,4,10,12,18H2,1-3H3. The zero-order valence-corrected chi connectivity index (χ0v) is 13.8. The molecule has 4 heteroatoms. The van der Waals surface area contributed by atoms with Gasteiger partial charge in [0.15, 0.2) is 0 Å². The maximum absolute atomic E-state index is 5.91. The van der Waals surface area contributed by atoms with E-state index in [2.05, 4.69) is 36.4 Å². The average molecular weight is 304 g/mol. The van der Waals surface area contributed by atoms with Gasteiger partial charge in [0.25, 0.3) is 0 Å². The van der Waals surface area contributed by atoms with Crippen molar-refractivity contribution in [3.05, 3.63) is 46.2 Å². The first-order chi connectivity index (χ1) is 10.1. The zero-order chi connectivity index (χ0) is 15.2. The molecular formula is C17H24N2OS. The summed E-state index contributed by atoms with van der Waals surface area (Å²) < 4.78 is 5.70. The van der Waals surface area contributed by atoms with Crippen molar-refractivity contribution < 1.29 is 4.74 Å². The van der Waals surface area contributed by atoms with Gasteiger partial charge >= 0.3 is 0 Å². The van der Waals surface area contributed by atoms with Crippen LogP contribution in [0.25, 0.3) is 0 Å². The van der Waals surface area contributed by atoms with Gasteiger partial charge in [0, 0.05) is 28.7 Å². The highest BCUT2D eigenvalue weighted by atomic mass is 32.1. The van der Waals surface area contributed by atoms with Crippen molar-refractivity contribution in [2.75, 3.05) is 19.4 Å². The first kappa shape index (κ1) is 15.9. The first-order valence-electron chi connectivity index (χ1n) is 7.34. The van der Waals surface area contributed by atoms with Gasteiger partial charge in [-0.05, 0) is 57.0 Å². The van der Waals surface area contributed by atoms with Crippen molar-refractivity contribution in [1.29, 1.82) is 0 Å². The van der Waals surface area contributed by atoms with Crippen LogP contribution in [0.5, 0.6) is 5.75 Å². The van der Waals surface area contributed by atoms with Crippen LogP contribution in [0.4, 0.5) is 5.69 Å². The Morgan fingerprint density at radius 2 is 2.14 bits per heavy atom. The number of nitrogen functional groups attached to an aromatic ring is 1. The molecule has 1 unspecified atom stereocenters. The third-order valence-electron chi connectivity index (χ3n) is 3.63. The summed E-state index contributed by atoms with van der Waals surface area (Å²) in [5.74, 6) is 0.932. The molecule has 1 aromatic heterocycles. The molecule has 2 N–H and O–H groups in total. The Morgan fingerprint density at radius 1 is 1.33 bits per heavy atom. The second-order valence-electron chi connectivity index (χ2n) is 5.35. The van der Waals surface area contributed by atoms with Gasteiger partial charge in [-0.25, -0.2) is 0 Å². The van der Waals surface area contributed by atoms with E-state index in [1.165, 1.54) is 4.88 Å². The number of anilines is 1. The van der Waals surface area contributed by atoms with Crippen LogP contribution in [0.3, 0.4) is 0 Å². The van der Waals surface area contributed by atoms with Crippen LogP contribution in [-0.4, -0.2) is 24.6 Å². The second-order valence-corrected chi connectivity index (χ2v) is 6.38. The van der Waals surface area contributed by atoms with Gasteiger partial charge in [-0.3, -0.25) is 4.90 Å². The number of ether oxygens (including phenoxy) is 1. The molecule has 1 heterocycles. The maximum atomic E-state index is 5.91. The van der Waals surface area contributed by atoms with Crippen molar-refractivity contribution in [2.45, 2.75) is 32.9 Å². The molecule has 0 bridgehead atoms. The quantitative estimate of drug-likeness (QED) is 0.791. The SMILES string of the molecule is CCOc1ccc(N)cc1CN(C)C(C)Cc1cccs1. The van der Waals surface area contributed by atoms with Crippen molar-refractivity contribution in [3.63, 3.8) is 0 Å². The molecule has 2 rings (SSSR count). The molecule has 0 amide bonds. The summed E-state index contributed by atoms with van der Waals surface area (Å²) >= 11 is 1.82. The fourth-order valence-electron chi connectivity index (χ4n) is 2.32. The van der Waals surface area contributed by atoms with E-state index >= 15 is 0 Å². The third kappa shape index (κ3) is 4.48. The number of nitrogens with two attached hydrogens (primary N) is 1. The smallest absolute Gasteiger partial charge is 0.123 e. The van der Waals surface area contributed by atoms with Crippen LogP contribution in [0, 0.1) is 0 Å². The minimum absolute atomic E-state index is 0.472. The van der Waals surface area contributed by atoms with Crippen molar-refractivity contribution in [3.8, 4) is 5.75 Å². The Hall–Kier alpha value is -1.52. The largest absolute Gasteiger partial charge is 0.494 e. The van der Waals surface area contributed by atoms with Gasteiger partial charge in [-0.2, -0.15) is 0 Å². The van der Waals surface area contributed by atoms with E-state index in [-0.39, 0.29) is 0 Å². The van der Waals surface area contributed by atoms with Gasteiger partial charge in [0.05, 0.1) is 6.61 Å². The maximum Gasteiger partial charge on any atom is 0.123 e. The number of hydrogen-bond acceptors (Lipinski definition) is 4. The van der Waals surface area contributed by atoms with E-state index in [0.717, 1.165) is 30.0 Å². The molecular weight excluding hydrogens is 280 g/mol. The van der Waals surface area contributed by atoms with Crippen LogP contribution in [0.2, 0.25) is 0 Å². The fourth-order valence-corrected chi connectivity index (χ4v) is 3.15. The minimum atomic E-state index is 0.472. The molecule has 0 aliphatic rings. The molecule has 0 spiro atoms. The molecule has 0 saturated carbocycles. The van der Waals surface area contributed by atoms with E-state index in [1.807, 2.05) is 36.5 Å². The lowest BCUT2D eigenvalue weighted by Gasteiger charge is -2.25. The summed E-state index contributed by atoms with van der Waals surface area (Å²) in [6.07, 6.45) is 1.07. The van der Waals surface area contributed by atoms with E-state index in [9.17, 15) is 0 Å². The lowest BCUT2D eigenvalue weighted by molar-refractivity contribution is 0.242. The van der Waals surface area contributed by atoms with Crippen molar-refractivity contribution in [2.24, 2.45) is 0 Å². The second kappa shape index (κ2) is 7.48. The molecule has 2 aromatic rings. The highest BCUT2D eigenvalue weighted by molar-refractivity contribution is 7.09. The molecule has 3 nitrogen and oxygen atoms in total. The average Bonchev–Trinajstić information content (AvgIpc) is 2.94. The Kier molecular flexibility index (Phi) is 5.65. The van der Waals surface area contributed by atoms with E-state index in [0.29, 0.717) is 12.6 Å². The topological polar surface area (TPSA) is 38.5 Å².